The number of fused-ring (bicyclic) bond motifs is 7. The van der Waals surface area contributed by atoms with E-state index < -0.39 is 0 Å². The van der Waals surface area contributed by atoms with E-state index in [9.17, 15) is 0 Å². The molecule has 2 nitrogen and oxygen atoms in total. The molecule has 0 bridgehead atoms. The van der Waals surface area contributed by atoms with Crippen molar-refractivity contribution >= 4 is 67.8 Å². The maximum Gasteiger partial charge on any atom is 0.333 e. The van der Waals surface area contributed by atoms with E-state index in [1.54, 1.807) is 0 Å². The van der Waals surface area contributed by atoms with E-state index in [1.807, 2.05) is 0 Å². The Morgan fingerprint density at radius 1 is 0.322 bits per heavy atom. The second kappa shape index (κ2) is 13.5. The number of anilines is 5. The Hall–Kier alpha value is -7.62. The molecule has 0 amide bonds. The lowest BCUT2D eigenvalue weighted by atomic mass is 9.43. The van der Waals surface area contributed by atoms with Gasteiger partial charge in [-0.25, -0.2) is 0 Å². The van der Waals surface area contributed by atoms with Gasteiger partial charge in [0, 0.05) is 34.0 Å². The highest BCUT2D eigenvalue weighted by atomic mass is 15.2. The van der Waals surface area contributed by atoms with Crippen LogP contribution in [0.1, 0.15) is 0 Å². The molecule has 10 aromatic rings. The summed E-state index contributed by atoms with van der Waals surface area (Å²) in [7, 11) is 0. The maximum atomic E-state index is 2.63. The van der Waals surface area contributed by atoms with Gasteiger partial charge in [0.15, 0.2) is 0 Å². The third-order valence-corrected chi connectivity index (χ3v) is 12.4. The van der Waals surface area contributed by atoms with Crippen LogP contribution in [0.4, 0.5) is 28.4 Å². The molecule has 0 spiro atoms. The van der Waals surface area contributed by atoms with Gasteiger partial charge in [-0.1, -0.05) is 176 Å². The molecule has 2 heterocycles. The van der Waals surface area contributed by atoms with Gasteiger partial charge >= 0.3 is 6.85 Å². The number of hydrogen-bond donors (Lipinski definition) is 0. The van der Waals surface area contributed by atoms with E-state index in [-0.39, 0.29) is 6.85 Å². The summed E-state index contributed by atoms with van der Waals surface area (Å²) in [6.45, 7) is -0.112. The minimum absolute atomic E-state index is 0.112. The molecule has 10 aromatic carbocycles. The molecule has 0 saturated carbocycles. The Balaban J connectivity index is 1.17. The normalized spacial score (nSPS) is 12.6. The number of nitrogens with zero attached hydrogens (tertiary/aromatic N) is 2. The fourth-order valence-electron chi connectivity index (χ4n) is 9.65. The van der Waals surface area contributed by atoms with Crippen LogP contribution in [0.5, 0.6) is 0 Å². The standard InChI is InChI=1S/C56H37BN2/c1-4-14-38(15-5-1)41-24-29-47(30-25-41)58-52-33-28-45(40-18-8-3-9-19-40)35-51(52)57-56-54(58)37-46-22-12-13-23-49(46)55(56)50-34-43-20-10-11-21-44(43)36-53(50)59(57)48-31-26-42(27-32-48)39-16-6-2-7-17-39/h1-37H. The van der Waals surface area contributed by atoms with Crippen LogP contribution >= 0.6 is 0 Å². The Morgan fingerprint density at radius 2 is 0.797 bits per heavy atom. The maximum absolute atomic E-state index is 2.63. The van der Waals surface area contributed by atoms with Crippen molar-refractivity contribution in [3.05, 3.63) is 224 Å². The summed E-state index contributed by atoms with van der Waals surface area (Å²) in [5, 5.41) is 4.97. The Kier molecular flexibility index (Phi) is 7.67. The average Bonchev–Trinajstić information content (AvgIpc) is 3.31. The summed E-state index contributed by atoms with van der Waals surface area (Å²) in [5.41, 5.74) is 18.3. The number of benzene rings is 10. The second-order valence-corrected chi connectivity index (χ2v) is 15.7. The van der Waals surface area contributed by atoms with Gasteiger partial charge in [-0.15, -0.1) is 0 Å². The third kappa shape index (κ3) is 5.43. The van der Waals surface area contributed by atoms with Gasteiger partial charge in [0.1, 0.15) is 0 Å². The second-order valence-electron chi connectivity index (χ2n) is 15.7. The van der Waals surface area contributed by atoms with Crippen LogP contribution in [0.2, 0.25) is 0 Å². The Bertz CT molecular complexity index is 3200. The first-order chi connectivity index (χ1) is 29.3. The van der Waals surface area contributed by atoms with Gasteiger partial charge in [-0.3, -0.25) is 0 Å². The fourth-order valence-corrected chi connectivity index (χ4v) is 9.65. The molecule has 0 unspecified atom stereocenters. The summed E-state index contributed by atoms with van der Waals surface area (Å²) < 4.78 is 0. The summed E-state index contributed by atoms with van der Waals surface area (Å²) in [6, 6.07) is 82.7. The first-order valence-corrected chi connectivity index (χ1v) is 20.5. The van der Waals surface area contributed by atoms with Crippen molar-refractivity contribution in [2.45, 2.75) is 0 Å². The van der Waals surface area contributed by atoms with Crippen LogP contribution in [-0.2, 0) is 0 Å². The van der Waals surface area contributed by atoms with E-state index in [1.165, 1.54) is 94.0 Å². The molecule has 2 aliphatic heterocycles. The molecule has 12 rings (SSSR count). The smallest absolute Gasteiger partial charge is 0.333 e. The third-order valence-electron chi connectivity index (χ3n) is 12.4. The van der Waals surface area contributed by atoms with Crippen molar-refractivity contribution in [1.82, 2.24) is 0 Å². The van der Waals surface area contributed by atoms with E-state index in [2.05, 4.69) is 234 Å². The molecule has 0 N–H and O–H groups in total. The molecule has 274 valence electrons. The highest BCUT2D eigenvalue weighted by molar-refractivity contribution is 6.94. The van der Waals surface area contributed by atoms with Crippen molar-refractivity contribution in [3.63, 3.8) is 0 Å². The Labute approximate surface area is 345 Å². The Morgan fingerprint density at radius 3 is 1.42 bits per heavy atom. The average molecular weight is 749 g/mol. The summed E-state index contributed by atoms with van der Waals surface area (Å²) in [4.78, 5) is 5.14. The van der Waals surface area contributed by atoms with Gasteiger partial charge in [0.2, 0.25) is 0 Å². The molecule has 0 radical (unpaired) electrons. The summed E-state index contributed by atoms with van der Waals surface area (Å²) >= 11 is 0. The van der Waals surface area contributed by atoms with E-state index in [4.69, 9.17) is 0 Å². The lowest BCUT2D eigenvalue weighted by molar-refractivity contribution is 1.28. The summed E-state index contributed by atoms with van der Waals surface area (Å²) in [5.74, 6) is 0. The zero-order valence-corrected chi connectivity index (χ0v) is 32.3. The van der Waals surface area contributed by atoms with Crippen molar-refractivity contribution in [1.29, 1.82) is 0 Å². The van der Waals surface area contributed by atoms with Gasteiger partial charge in [-0.05, 0) is 120 Å². The van der Waals surface area contributed by atoms with Crippen LogP contribution in [0.15, 0.2) is 224 Å². The number of hydrogen-bond acceptors (Lipinski definition) is 2. The molecular formula is C56H37BN2. The van der Waals surface area contributed by atoms with Crippen molar-refractivity contribution in [2.75, 3.05) is 9.71 Å². The molecule has 59 heavy (non-hydrogen) atoms. The topological polar surface area (TPSA) is 6.48 Å². The highest BCUT2D eigenvalue weighted by Gasteiger charge is 2.46. The zero-order valence-electron chi connectivity index (χ0n) is 32.3. The quantitative estimate of drug-likeness (QED) is 0.162. The predicted molar refractivity (Wildman–Crippen MR) is 251 cm³/mol. The first kappa shape index (κ1) is 33.5. The van der Waals surface area contributed by atoms with Crippen LogP contribution in [-0.4, -0.2) is 6.85 Å². The molecule has 0 aromatic heterocycles. The van der Waals surface area contributed by atoms with Gasteiger partial charge in [0.25, 0.3) is 0 Å². The van der Waals surface area contributed by atoms with Crippen LogP contribution < -0.4 is 20.6 Å². The zero-order chi connectivity index (χ0) is 38.9. The minimum atomic E-state index is -0.112. The molecule has 0 saturated heterocycles. The lowest BCUT2D eigenvalue weighted by Gasteiger charge is -2.46. The summed E-state index contributed by atoms with van der Waals surface area (Å²) in [6.07, 6.45) is 0. The van der Waals surface area contributed by atoms with Crippen molar-refractivity contribution in [2.24, 2.45) is 0 Å². The van der Waals surface area contributed by atoms with Gasteiger partial charge in [-0.2, -0.15) is 0 Å². The molecule has 2 aliphatic rings. The molecule has 0 atom stereocenters. The molecule has 3 heteroatoms. The van der Waals surface area contributed by atoms with Gasteiger partial charge < -0.3 is 9.71 Å². The fraction of sp³-hybridized carbons (Fsp3) is 0. The molecule has 0 aliphatic carbocycles. The van der Waals surface area contributed by atoms with E-state index in [0.29, 0.717) is 0 Å². The van der Waals surface area contributed by atoms with Gasteiger partial charge in [0.05, 0.1) is 0 Å². The van der Waals surface area contributed by atoms with Crippen LogP contribution in [0, 0.1) is 0 Å². The molecule has 0 fully saturated rings. The number of rotatable bonds is 5. The first-order valence-electron chi connectivity index (χ1n) is 20.5. The van der Waals surface area contributed by atoms with Crippen molar-refractivity contribution < 1.29 is 0 Å². The highest BCUT2D eigenvalue weighted by Crippen LogP contribution is 2.50. The van der Waals surface area contributed by atoms with Crippen LogP contribution in [0.25, 0.3) is 66.1 Å². The molecular weight excluding hydrogens is 711 g/mol. The lowest BCUT2D eigenvalue weighted by Crippen LogP contribution is -2.61. The van der Waals surface area contributed by atoms with Crippen molar-refractivity contribution in [3.8, 4) is 44.5 Å². The largest absolute Gasteiger partial charge is 0.376 e. The monoisotopic (exact) mass is 748 g/mol. The van der Waals surface area contributed by atoms with E-state index >= 15 is 0 Å². The predicted octanol–water partition coefficient (Wildman–Crippen LogP) is 13.7. The SMILES string of the molecule is c1ccc(-c2ccc(N3B4c5cc(-c6ccccc6)ccc5N(c5ccc(-c6ccccc6)cc5)c5cc6ccccc6c(c54)-c4cc5ccccc5cc43)cc2)cc1. The van der Waals surface area contributed by atoms with E-state index in [0.717, 1.165) is 11.4 Å². The minimum Gasteiger partial charge on any atom is -0.376 e. The van der Waals surface area contributed by atoms with Crippen LogP contribution in [0.3, 0.4) is 0 Å².